The number of hydrogen-bond acceptors (Lipinski definition) is 5. The topological polar surface area (TPSA) is 60.5 Å². The minimum absolute atomic E-state index is 0.463. The van der Waals surface area contributed by atoms with Crippen molar-refractivity contribution in [2.75, 3.05) is 31.2 Å². The number of nitrogens with zero attached hydrogens (tertiary/aromatic N) is 6. The summed E-state index contributed by atoms with van der Waals surface area (Å²) in [5, 5.41) is 4.79. The summed E-state index contributed by atoms with van der Waals surface area (Å²) in [4.78, 5) is 12.0. The molecule has 1 aliphatic heterocycles. The van der Waals surface area contributed by atoms with Gasteiger partial charge >= 0.3 is 0 Å². The fourth-order valence-electron chi connectivity index (χ4n) is 5.65. The summed E-state index contributed by atoms with van der Waals surface area (Å²) < 4.78 is 9.73. The van der Waals surface area contributed by atoms with Gasteiger partial charge in [0.15, 0.2) is 0 Å². The SMILES string of the molecule is CCC(C1CCCC1)n1cc(-c2nc(-c3ccc(N4CCOCC4)cc3)cc3nccn23)cn1. The van der Waals surface area contributed by atoms with Crippen LogP contribution >= 0.6 is 0 Å². The van der Waals surface area contributed by atoms with Crippen LogP contribution in [0.5, 0.6) is 0 Å². The highest BCUT2D eigenvalue weighted by molar-refractivity contribution is 5.70. The van der Waals surface area contributed by atoms with Gasteiger partial charge < -0.3 is 9.64 Å². The second-order valence-electron chi connectivity index (χ2n) is 9.50. The molecule has 2 aliphatic rings. The molecule has 4 heterocycles. The van der Waals surface area contributed by atoms with E-state index in [9.17, 15) is 0 Å². The third-order valence-electron chi connectivity index (χ3n) is 7.49. The lowest BCUT2D eigenvalue weighted by Crippen LogP contribution is -2.36. The molecule has 0 spiro atoms. The van der Waals surface area contributed by atoms with Gasteiger partial charge in [-0.25, -0.2) is 9.97 Å². The first kappa shape index (κ1) is 21.4. The lowest BCUT2D eigenvalue weighted by molar-refractivity contribution is 0.122. The molecular weight excluding hydrogens is 424 g/mol. The monoisotopic (exact) mass is 456 g/mol. The van der Waals surface area contributed by atoms with Gasteiger partial charge in [-0.05, 0) is 37.3 Å². The lowest BCUT2D eigenvalue weighted by atomic mass is 9.96. The zero-order chi connectivity index (χ0) is 22.9. The van der Waals surface area contributed by atoms with Crippen molar-refractivity contribution in [3.63, 3.8) is 0 Å². The van der Waals surface area contributed by atoms with Crippen molar-refractivity contribution < 1.29 is 4.74 Å². The smallest absolute Gasteiger partial charge is 0.149 e. The van der Waals surface area contributed by atoms with Gasteiger partial charge in [-0.2, -0.15) is 5.10 Å². The number of anilines is 1. The molecule has 7 heteroatoms. The second kappa shape index (κ2) is 9.22. The number of morpholine rings is 1. The molecule has 2 fully saturated rings. The Bertz CT molecular complexity index is 1250. The highest BCUT2D eigenvalue weighted by Crippen LogP contribution is 2.36. The van der Waals surface area contributed by atoms with Crippen LogP contribution in [0.15, 0.2) is 55.1 Å². The number of aromatic nitrogens is 5. The molecule has 1 unspecified atom stereocenters. The van der Waals surface area contributed by atoms with E-state index in [0.717, 1.165) is 66.9 Å². The number of benzene rings is 1. The average Bonchev–Trinajstić information content (AvgIpc) is 3.67. The van der Waals surface area contributed by atoms with E-state index in [0.29, 0.717) is 6.04 Å². The van der Waals surface area contributed by atoms with Crippen LogP contribution in [0.1, 0.15) is 45.1 Å². The van der Waals surface area contributed by atoms with Crippen molar-refractivity contribution in [1.29, 1.82) is 0 Å². The molecule has 6 rings (SSSR count). The van der Waals surface area contributed by atoms with Crippen LogP contribution in [0.2, 0.25) is 0 Å². The largest absolute Gasteiger partial charge is 0.378 e. The molecule has 1 aromatic carbocycles. The molecule has 176 valence electrons. The van der Waals surface area contributed by atoms with E-state index in [1.165, 1.54) is 31.4 Å². The predicted octanol–water partition coefficient (Wildman–Crippen LogP) is 5.24. The van der Waals surface area contributed by atoms with Crippen molar-refractivity contribution in [1.82, 2.24) is 24.1 Å². The summed E-state index contributed by atoms with van der Waals surface area (Å²) in [6.45, 7) is 5.72. The summed E-state index contributed by atoms with van der Waals surface area (Å²) in [6.07, 6.45) is 14.4. The van der Waals surface area contributed by atoms with Gasteiger partial charge in [0.05, 0.1) is 36.7 Å². The third-order valence-corrected chi connectivity index (χ3v) is 7.49. The molecule has 3 aromatic heterocycles. The fraction of sp³-hybridized carbons (Fsp3) is 0.444. The number of fused-ring (bicyclic) bond motifs is 1. The van der Waals surface area contributed by atoms with Gasteiger partial charge in [-0.15, -0.1) is 0 Å². The van der Waals surface area contributed by atoms with E-state index in [2.05, 4.69) is 62.4 Å². The minimum Gasteiger partial charge on any atom is -0.378 e. The minimum atomic E-state index is 0.463. The summed E-state index contributed by atoms with van der Waals surface area (Å²) in [5.41, 5.74) is 5.18. The predicted molar refractivity (Wildman–Crippen MR) is 134 cm³/mol. The van der Waals surface area contributed by atoms with Gasteiger partial charge in [0, 0.05) is 49.0 Å². The summed E-state index contributed by atoms with van der Waals surface area (Å²) in [6, 6.07) is 11.2. The van der Waals surface area contributed by atoms with E-state index >= 15 is 0 Å². The molecule has 0 radical (unpaired) electrons. The highest BCUT2D eigenvalue weighted by atomic mass is 16.5. The highest BCUT2D eigenvalue weighted by Gasteiger charge is 2.26. The van der Waals surface area contributed by atoms with Gasteiger partial charge in [0.1, 0.15) is 11.5 Å². The van der Waals surface area contributed by atoms with Crippen molar-refractivity contribution in [3.05, 3.63) is 55.1 Å². The number of hydrogen-bond donors (Lipinski definition) is 0. The molecule has 1 saturated carbocycles. The standard InChI is InChI=1S/C27H32N6O/c1-2-25(21-5-3-4-6-21)33-19-22(18-29-33)27-30-24(17-26-28-11-12-32(26)27)20-7-9-23(10-8-20)31-13-15-34-16-14-31/h7-12,17-19,21,25H,2-6,13-16H2,1H3. The normalized spacial score (nSPS) is 18.1. The molecule has 0 N–H and O–H groups in total. The Morgan fingerprint density at radius 1 is 1.06 bits per heavy atom. The quantitative estimate of drug-likeness (QED) is 0.397. The summed E-state index contributed by atoms with van der Waals surface area (Å²) in [5.74, 6) is 1.62. The molecule has 4 aromatic rings. The number of imidazole rings is 1. The van der Waals surface area contributed by atoms with Crippen molar-refractivity contribution >= 4 is 11.3 Å². The molecule has 34 heavy (non-hydrogen) atoms. The third kappa shape index (κ3) is 3.98. The maximum absolute atomic E-state index is 5.49. The van der Waals surface area contributed by atoms with E-state index in [-0.39, 0.29) is 0 Å². The Morgan fingerprint density at radius 2 is 1.85 bits per heavy atom. The molecular formula is C27H32N6O. The lowest BCUT2D eigenvalue weighted by Gasteiger charge is -2.28. The first-order valence-corrected chi connectivity index (χ1v) is 12.6. The Kier molecular flexibility index (Phi) is 5.79. The van der Waals surface area contributed by atoms with Crippen molar-refractivity contribution in [2.24, 2.45) is 5.92 Å². The Labute approximate surface area is 200 Å². The van der Waals surface area contributed by atoms with E-state index in [1.54, 1.807) is 0 Å². The molecule has 1 aliphatic carbocycles. The summed E-state index contributed by atoms with van der Waals surface area (Å²) in [7, 11) is 0. The van der Waals surface area contributed by atoms with E-state index in [4.69, 9.17) is 14.8 Å². The molecule has 0 bridgehead atoms. The van der Waals surface area contributed by atoms with Crippen LogP contribution in [0.25, 0.3) is 28.3 Å². The maximum Gasteiger partial charge on any atom is 0.149 e. The fourth-order valence-corrected chi connectivity index (χ4v) is 5.65. The molecule has 7 nitrogen and oxygen atoms in total. The Balaban J connectivity index is 1.33. The van der Waals surface area contributed by atoms with Crippen molar-refractivity contribution in [3.8, 4) is 22.6 Å². The maximum atomic E-state index is 5.49. The first-order valence-electron chi connectivity index (χ1n) is 12.6. The van der Waals surface area contributed by atoms with Gasteiger partial charge in [-0.3, -0.25) is 9.08 Å². The van der Waals surface area contributed by atoms with Crippen LogP contribution < -0.4 is 4.90 Å². The number of ether oxygens (including phenoxy) is 1. The van der Waals surface area contributed by atoms with E-state index in [1.807, 2.05) is 18.6 Å². The Morgan fingerprint density at radius 3 is 2.62 bits per heavy atom. The van der Waals surface area contributed by atoms with Crippen LogP contribution in [-0.2, 0) is 4.74 Å². The zero-order valence-corrected chi connectivity index (χ0v) is 19.8. The van der Waals surface area contributed by atoms with Crippen LogP contribution in [-0.4, -0.2) is 50.5 Å². The molecule has 0 amide bonds. The second-order valence-corrected chi connectivity index (χ2v) is 9.50. The van der Waals surface area contributed by atoms with Crippen LogP contribution in [0.4, 0.5) is 5.69 Å². The van der Waals surface area contributed by atoms with E-state index < -0.39 is 0 Å². The molecule has 1 saturated heterocycles. The van der Waals surface area contributed by atoms with Gasteiger partial charge in [0.2, 0.25) is 0 Å². The summed E-state index contributed by atoms with van der Waals surface area (Å²) >= 11 is 0. The zero-order valence-electron chi connectivity index (χ0n) is 19.8. The van der Waals surface area contributed by atoms with Crippen LogP contribution in [0, 0.1) is 5.92 Å². The number of rotatable bonds is 6. The Hall–Kier alpha value is -3.19. The van der Waals surface area contributed by atoms with Crippen LogP contribution in [0.3, 0.4) is 0 Å². The molecule has 1 atom stereocenters. The van der Waals surface area contributed by atoms with Gasteiger partial charge in [-0.1, -0.05) is 31.9 Å². The van der Waals surface area contributed by atoms with Gasteiger partial charge in [0.25, 0.3) is 0 Å². The average molecular weight is 457 g/mol. The van der Waals surface area contributed by atoms with Crippen molar-refractivity contribution in [2.45, 2.75) is 45.1 Å². The first-order chi connectivity index (χ1) is 16.8.